The highest BCUT2D eigenvalue weighted by atomic mass is 16.2. The molecular weight excluding hydrogens is 162 g/mol. The number of rotatable bonds is 2. The zero-order chi connectivity index (χ0) is 9.47. The highest BCUT2D eigenvalue weighted by Gasteiger charge is 2.40. The zero-order valence-corrected chi connectivity index (χ0v) is 8.60. The lowest BCUT2D eigenvalue weighted by molar-refractivity contribution is -0.125. The van der Waals surface area contributed by atoms with Crippen LogP contribution >= 0.6 is 0 Å². The molecule has 1 N–H and O–H groups in total. The van der Waals surface area contributed by atoms with E-state index in [1.807, 2.05) is 0 Å². The molecule has 0 radical (unpaired) electrons. The Morgan fingerprint density at radius 2 is 2.08 bits per heavy atom. The predicted molar refractivity (Wildman–Crippen MR) is 52.3 cm³/mol. The van der Waals surface area contributed by atoms with E-state index in [4.69, 9.17) is 0 Å². The van der Waals surface area contributed by atoms with Crippen molar-refractivity contribution in [1.82, 2.24) is 5.32 Å². The Hall–Kier alpha value is -0.530. The van der Waals surface area contributed by atoms with Crippen molar-refractivity contribution in [2.75, 3.05) is 0 Å². The summed E-state index contributed by atoms with van der Waals surface area (Å²) in [5.74, 6) is 1.37. The summed E-state index contributed by atoms with van der Waals surface area (Å²) in [7, 11) is 0. The minimum Gasteiger partial charge on any atom is -0.351 e. The molecule has 0 aromatic carbocycles. The van der Waals surface area contributed by atoms with Crippen molar-refractivity contribution in [3.05, 3.63) is 0 Å². The van der Waals surface area contributed by atoms with Crippen LogP contribution in [0.2, 0.25) is 0 Å². The van der Waals surface area contributed by atoms with Gasteiger partial charge in [-0.1, -0.05) is 6.92 Å². The second-order valence-electron chi connectivity index (χ2n) is 5.17. The van der Waals surface area contributed by atoms with Gasteiger partial charge >= 0.3 is 0 Å². The Morgan fingerprint density at radius 1 is 1.38 bits per heavy atom. The SMILES string of the molecule is CC1CCC(C(=O)NC2(C)CC2)C1. The molecule has 2 aliphatic carbocycles. The van der Waals surface area contributed by atoms with Crippen LogP contribution in [0, 0.1) is 11.8 Å². The summed E-state index contributed by atoms with van der Waals surface area (Å²) in [4.78, 5) is 11.7. The Balaban J connectivity index is 1.83. The molecule has 2 saturated carbocycles. The summed E-state index contributed by atoms with van der Waals surface area (Å²) in [6.45, 7) is 4.38. The summed E-state index contributed by atoms with van der Waals surface area (Å²) in [6, 6.07) is 0. The van der Waals surface area contributed by atoms with Crippen molar-refractivity contribution in [2.45, 2.75) is 51.5 Å². The van der Waals surface area contributed by atoms with Gasteiger partial charge in [0.05, 0.1) is 0 Å². The number of carbonyl (C=O) groups is 1. The first-order valence-electron chi connectivity index (χ1n) is 5.41. The molecule has 2 aliphatic rings. The average Bonchev–Trinajstić information content (AvgIpc) is 2.62. The third-order valence-corrected chi connectivity index (χ3v) is 3.49. The summed E-state index contributed by atoms with van der Waals surface area (Å²) in [5.41, 5.74) is 0.170. The van der Waals surface area contributed by atoms with Gasteiger partial charge in [-0.05, 0) is 44.9 Å². The molecule has 0 aliphatic heterocycles. The zero-order valence-electron chi connectivity index (χ0n) is 8.60. The van der Waals surface area contributed by atoms with E-state index in [2.05, 4.69) is 19.2 Å². The summed E-state index contributed by atoms with van der Waals surface area (Å²) in [5, 5.41) is 3.15. The van der Waals surface area contributed by atoms with Crippen LogP contribution in [-0.2, 0) is 4.79 Å². The summed E-state index contributed by atoms with van der Waals surface area (Å²) < 4.78 is 0. The fraction of sp³-hybridized carbons (Fsp3) is 0.909. The van der Waals surface area contributed by atoms with Gasteiger partial charge in [-0.2, -0.15) is 0 Å². The Bertz CT molecular complexity index is 220. The molecule has 1 amide bonds. The van der Waals surface area contributed by atoms with Gasteiger partial charge in [-0.15, -0.1) is 0 Å². The number of amides is 1. The van der Waals surface area contributed by atoms with Gasteiger partial charge in [0.15, 0.2) is 0 Å². The monoisotopic (exact) mass is 181 g/mol. The van der Waals surface area contributed by atoms with E-state index in [0.717, 1.165) is 18.8 Å². The van der Waals surface area contributed by atoms with E-state index >= 15 is 0 Å². The third-order valence-electron chi connectivity index (χ3n) is 3.49. The highest BCUT2D eigenvalue weighted by molar-refractivity contribution is 5.80. The van der Waals surface area contributed by atoms with Gasteiger partial charge in [0.2, 0.25) is 5.91 Å². The number of hydrogen-bond acceptors (Lipinski definition) is 1. The molecule has 2 atom stereocenters. The van der Waals surface area contributed by atoms with Gasteiger partial charge in [0.1, 0.15) is 0 Å². The fourth-order valence-corrected chi connectivity index (χ4v) is 2.16. The lowest BCUT2D eigenvalue weighted by Crippen LogP contribution is -2.38. The van der Waals surface area contributed by atoms with Crippen LogP contribution in [0.3, 0.4) is 0 Å². The minimum absolute atomic E-state index is 0.170. The molecule has 0 aromatic heterocycles. The lowest BCUT2D eigenvalue weighted by atomic mass is 10.0. The topological polar surface area (TPSA) is 29.1 Å². The first-order valence-corrected chi connectivity index (χ1v) is 5.41. The van der Waals surface area contributed by atoms with Crippen LogP contribution < -0.4 is 5.32 Å². The molecule has 0 bridgehead atoms. The van der Waals surface area contributed by atoms with Crippen molar-refractivity contribution >= 4 is 5.91 Å². The van der Waals surface area contributed by atoms with Gasteiger partial charge < -0.3 is 5.32 Å². The molecule has 2 unspecified atom stereocenters. The molecule has 0 spiro atoms. The predicted octanol–water partition coefficient (Wildman–Crippen LogP) is 2.09. The standard InChI is InChI=1S/C11H19NO/c1-8-3-4-9(7-8)10(13)12-11(2)5-6-11/h8-9H,3-7H2,1-2H3,(H,12,13). The van der Waals surface area contributed by atoms with Crippen LogP contribution in [-0.4, -0.2) is 11.4 Å². The van der Waals surface area contributed by atoms with Crippen LogP contribution in [0.4, 0.5) is 0 Å². The summed E-state index contributed by atoms with van der Waals surface area (Å²) >= 11 is 0. The molecule has 74 valence electrons. The molecule has 2 fully saturated rings. The molecule has 2 nitrogen and oxygen atoms in total. The largest absolute Gasteiger partial charge is 0.351 e. The van der Waals surface area contributed by atoms with Gasteiger partial charge in [0, 0.05) is 11.5 Å². The van der Waals surface area contributed by atoms with Crippen molar-refractivity contribution in [3.8, 4) is 0 Å². The van der Waals surface area contributed by atoms with E-state index < -0.39 is 0 Å². The van der Waals surface area contributed by atoms with Gasteiger partial charge in [0.25, 0.3) is 0 Å². The maximum absolute atomic E-state index is 11.7. The fourth-order valence-electron chi connectivity index (χ4n) is 2.16. The van der Waals surface area contributed by atoms with E-state index in [0.29, 0.717) is 11.8 Å². The van der Waals surface area contributed by atoms with Crippen molar-refractivity contribution in [2.24, 2.45) is 11.8 Å². The second kappa shape index (κ2) is 3.00. The molecular formula is C11H19NO. The van der Waals surface area contributed by atoms with Crippen LogP contribution in [0.25, 0.3) is 0 Å². The Kier molecular flexibility index (Phi) is 2.09. The normalized spacial score (nSPS) is 35.8. The molecule has 0 saturated heterocycles. The smallest absolute Gasteiger partial charge is 0.223 e. The van der Waals surface area contributed by atoms with Crippen molar-refractivity contribution < 1.29 is 4.79 Å². The Morgan fingerprint density at radius 3 is 2.54 bits per heavy atom. The number of hydrogen-bond donors (Lipinski definition) is 1. The average molecular weight is 181 g/mol. The maximum atomic E-state index is 11.7. The molecule has 0 heterocycles. The molecule has 0 aromatic rings. The first kappa shape index (κ1) is 9.04. The molecule has 13 heavy (non-hydrogen) atoms. The van der Waals surface area contributed by atoms with Crippen LogP contribution in [0.15, 0.2) is 0 Å². The maximum Gasteiger partial charge on any atom is 0.223 e. The van der Waals surface area contributed by atoms with Gasteiger partial charge in [-0.3, -0.25) is 4.79 Å². The quantitative estimate of drug-likeness (QED) is 0.694. The van der Waals surface area contributed by atoms with Crippen LogP contribution in [0.5, 0.6) is 0 Å². The van der Waals surface area contributed by atoms with Crippen molar-refractivity contribution in [1.29, 1.82) is 0 Å². The Labute approximate surface area is 80.1 Å². The molecule has 2 rings (SSSR count). The lowest BCUT2D eigenvalue weighted by Gasteiger charge is -2.15. The summed E-state index contributed by atoms with van der Waals surface area (Å²) in [6.07, 6.45) is 5.77. The van der Waals surface area contributed by atoms with E-state index in [1.54, 1.807) is 0 Å². The first-order chi connectivity index (χ1) is 6.09. The minimum atomic E-state index is 0.170. The second-order valence-corrected chi connectivity index (χ2v) is 5.17. The van der Waals surface area contributed by atoms with Crippen molar-refractivity contribution in [3.63, 3.8) is 0 Å². The van der Waals surface area contributed by atoms with Crippen LogP contribution in [0.1, 0.15) is 46.0 Å². The van der Waals surface area contributed by atoms with E-state index in [-0.39, 0.29) is 5.54 Å². The van der Waals surface area contributed by atoms with Gasteiger partial charge in [-0.25, -0.2) is 0 Å². The highest BCUT2D eigenvalue weighted by Crippen LogP contribution is 2.36. The van der Waals surface area contributed by atoms with E-state index in [1.165, 1.54) is 19.3 Å². The number of carbonyl (C=O) groups excluding carboxylic acids is 1. The van der Waals surface area contributed by atoms with E-state index in [9.17, 15) is 4.79 Å². The molecule has 2 heteroatoms. The third kappa shape index (κ3) is 2.04. The number of nitrogens with one attached hydrogen (secondary N) is 1.